The molecule has 0 atom stereocenters. The van der Waals surface area contributed by atoms with Gasteiger partial charge in [-0.05, 0) is 26.0 Å². The van der Waals surface area contributed by atoms with Crippen LogP contribution in [0.5, 0.6) is 0 Å². The Labute approximate surface area is 109 Å². The van der Waals surface area contributed by atoms with Gasteiger partial charge in [-0.2, -0.15) is 0 Å². The van der Waals surface area contributed by atoms with E-state index >= 15 is 0 Å². The Morgan fingerprint density at radius 1 is 1.42 bits per heavy atom. The van der Waals surface area contributed by atoms with Gasteiger partial charge < -0.3 is 0 Å². The fourth-order valence-corrected chi connectivity index (χ4v) is 1.77. The van der Waals surface area contributed by atoms with Crippen molar-refractivity contribution in [1.29, 1.82) is 0 Å². The Balaban J connectivity index is 2.45. The highest BCUT2D eigenvalue weighted by atomic mass is 16.2. The quantitative estimate of drug-likeness (QED) is 0.453. The van der Waals surface area contributed by atoms with Gasteiger partial charge in [0.25, 0.3) is 5.56 Å². The summed E-state index contributed by atoms with van der Waals surface area (Å²) in [5.41, 5.74) is 1.49. The predicted molar refractivity (Wildman–Crippen MR) is 69.9 cm³/mol. The lowest BCUT2D eigenvalue weighted by molar-refractivity contribution is -0.130. The van der Waals surface area contributed by atoms with Crippen molar-refractivity contribution < 1.29 is 4.79 Å². The van der Waals surface area contributed by atoms with E-state index in [0.29, 0.717) is 10.9 Å². The van der Waals surface area contributed by atoms with E-state index in [1.807, 2.05) is 0 Å². The third-order valence-corrected chi connectivity index (χ3v) is 2.92. The van der Waals surface area contributed by atoms with Crippen molar-refractivity contribution >= 4 is 16.8 Å². The minimum absolute atomic E-state index is 0.104. The molecule has 0 bridgehead atoms. The average molecular weight is 261 g/mol. The molecule has 19 heavy (non-hydrogen) atoms. The maximum absolute atomic E-state index is 12.2. The molecular weight excluding hydrogens is 246 g/mol. The maximum Gasteiger partial charge on any atom is 0.277 e. The summed E-state index contributed by atoms with van der Waals surface area (Å²) in [5.74, 6) is 4.75. The summed E-state index contributed by atoms with van der Waals surface area (Å²) >= 11 is 0. The Hall–Kier alpha value is -2.28. The van der Waals surface area contributed by atoms with Crippen LogP contribution in [0.2, 0.25) is 0 Å². The van der Waals surface area contributed by atoms with Crippen LogP contribution in [0.15, 0.2) is 29.1 Å². The van der Waals surface area contributed by atoms with E-state index in [1.54, 1.807) is 38.1 Å². The molecule has 7 nitrogen and oxygen atoms in total. The fourth-order valence-electron chi connectivity index (χ4n) is 1.77. The summed E-state index contributed by atoms with van der Waals surface area (Å²) in [6, 6.07) is 6.94. The van der Waals surface area contributed by atoms with Crippen LogP contribution >= 0.6 is 0 Å². The summed E-state index contributed by atoms with van der Waals surface area (Å²) in [7, 11) is 0. The summed E-state index contributed by atoms with van der Waals surface area (Å²) in [5, 5.41) is 8.28. The van der Waals surface area contributed by atoms with Gasteiger partial charge in [-0.3, -0.25) is 15.0 Å². The van der Waals surface area contributed by atoms with Gasteiger partial charge in [0.2, 0.25) is 5.91 Å². The van der Waals surface area contributed by atoms with E-state index in [0.717, 1.165) is 0 Å². The number of nitrogens with two attached hydrogens (primary N) is 1. The molecule has 1 aromatic heterocycles. The number of hydrogen-bond acceptors (Lipinski definition) is 5. The van der Waals surface area contributed by atoms with E-state index in [9.17, 15) is 9.59 Å². The van der Waals surface area contributed by atoms with E-state index in [2.05, 4.69) is 15.7 Å². The monoisotopic (exact) mass is 261 g/mol. The van der Waals surface area contributed by atoms with Gasteiger partial charge in [-0.1, -0.05) is 17.3 Å². The molecule has 7 heteroatoms. The smallest absolute Gasteiger partial charge is 0.277 e. The Bertz CT molecular complexity index is 677. The molecule has 0 spiro atoms. The Morgan fingerprint density at radius 2 is 2.11 bits per heavy atom. The van der Waals surface area contributed by atoms with Crippen LogP contribution < -0.4 is 16.8 Å². The highest BCUT2D eigenvalue weighted by Crippen LogP contribution is 2.16. The molecule has 0 saturated carbocycles. The topological polar surface area (TPSA) is 103 Å². The van der Waals surface area contributed by atoms with E-state index in [4.69, 9.17) is 5.84 Å². The number of nitrogens with zero attached hydrogens (tertiary/aromatic N) is 3. The van der Waals surface area contributed by atoms with Crippen LogP contribution in [-0.4, -0.2) is 20.9 Å². The number of carbonyl (C=O) groups is 1. The van der Waals surface area contributed by atoms with Crippen molar-refractivity contribution in [3.8, 4) is 0 Å². The number of hydrazine groups is 1. The number of benzene rings is 1. The van der Waals surface area contributed by atoms with Crippen LogP contribution in [0.4, 0.5) is 0 Å². The fraction of sp³-hybridized carbons (Fsp3) is 0.333. The average Bonchev–Trinajstić information content (AvgIpc) is 2.41. The molecule has 1 aromatic carbocycles. The number of rotatable bonds is 3. The molecule has 0 fully saturated rings. The zero-order chi connectivity index (χ0) is 14.0. The predicted octanol–water partition coefficient (Wildman–Crippen LogP) is -0.192. The standard InChI is InChI=1S/C12H15N5O2/c1-12(2,11(19)14-13)7-17-10(18)8-5-3-4-6-9(8)15-16-17/h3-6H,7,13H2,1-2H3,(H,14,19). The zero-order valence-corrected chi connectivity index (χ0v) is 10.8. The molecule has 100 valence electrons. The second kappa shape index (κ2) is 4.77. The number of amides is 1. The second-order valence-corrected chi connectivity index (χ2v) is 4.93. The lowest BCUT2D eigenvalue weighted by Crippen LogP contribution is -2.45. The van der Waals surface area contributed by atoms with Crippen molar-refractivity contribution in [2.75, 3.05) is 0 Å². The van der Waals surface area contributed by atoms with Crippen molar-refractivity contribution in [1.82, 2.24) is 20.4 Å². The molecule has 0 saturated heterocycles. The third kappa shape index (κ3) is 2.45. The molecule has 2 aromatic rings. The number of hydrogen-bond donors (Lipinski definition) is 2. The van der Waals surface area contributed by atoms with Crippen molar-refractivity contribution in [2.24, 2.45) is 11.3 Å². The SMILES string of the molecule is CC(C)(Cn1nnc2ccccc2c1=O)C(=O)NN. The van der Waals surface area contributed by atoms with Crippen LogP contribution in [0.25, 0.3) is 10.9 Å². The molecule has 3 N–H and O–H groups in total. The first kappa shape index (κ1) is 13.2. The Kier molecular flexibility index (Phi) is 3.30. The van der Waals surface area contributed by atoms with E-state index in [1.165, 1.54) is 4.68 Å². The molecule has 2 rings (SSSR count). The van der Waals surface area contributed by atoms with Gasteiger partial charge in [0.1, 0.15) is 5.52 Å². The van der Waals surface area contributed by atoms with Crippen LogP contribution in [0.3, 0.4) is 0 Å². The minimum Gasteiger partial charge on any atom is -0.294 e. The second-order valence-electron chi connectivity index (χ2n) is 4.93. The normalized spacial score (nSPS) is 11.5. The highest BCUT2D eigenvalue weighted by molar-refractivity contribution is 5.81. The molecule has 1 heterocycles. The number of carbonyl (C=O) groups excluding carboxylic acids is 1. The van der Waals surface area contributed by atoms with Crippen LogP contribution in [0, 0.1) is 5.41 Å². The van der Waals surface area contributed by atoms with Gasteiger partial charge in [-0.15, -0.1) is 5.10 Å². The number of aromatic nitrogens is 3. The minimum atomic E-state index is -0.851. The lowest BCUT2D eigenvalue weighted by Gasteiger charge is -2.22. The molecule has 0 aliphatic heterocycles. The number of nitrogens with one attached hydrogen (secondary N) is 1. The highest BCUT2D eigenvalue weighted by Gasteiger charge is 2.28. The lowest BCUT2D eigenvalue weighted by atomic mass is 9.92. The Morgan fingerprint density at radius 3 is 2.79 bits per heavy atom. The van der Waals surface area contributed by atoms with E-state index in [-0.39, 0.29) is 18.0 Å². The molecule has 1 amide bonds. The first-order valence-corrected chi connectivity index (χ1v) is 5.79. The maximum atomic E-state index is 12.2. The zero-order valence-electron chi connectivity index (χ0n) is 10.8. The number of fused-ring (bicyclic) bond motifs is 1. The van der Waals surface area contributed by atoms with Crippen molar-refractivity contribution in [3.05, 3.63) is 34.6 Å². The summed E-state index contributed by atoms with van der Waals surface area (Å²) in [6.07, 6.45) is 0. The molecule has 0 aliphatic rings. The summed E-state index contributed by atoms with van der Waals surface area (Å²) in [4.78, 5) is 23.8. The first-order valence-electron chi connectivity index (χ1n) is 5.79. The summed E-state index contributed by atoms with van der Waals surface area (Å²) < 4.78 is 1.18. The molecular formula is C12H15N5O2. The first-order chi connectivity index (χ1) is 8.95. The summed E-state index contributed by atoms with van der Waals surface area (Å²) in [6.45, 7) is 3.46. The third-order valence-electron chi connectivity index (χ3n) is 2.92. The van der Waals surface area contributed by atoms with Gasteiger partial charge in [0.15, 0.2) is 0 Å². The molecule has 0 radical (unpaired) electrons. The van der Waals surface area contributed by atoms with Crippen LogP contribution in [0.1, 0.15) is 13.8 Å². The molecule has 0 unspecified atom stereocenters. The van der Waals surface area contributed by atoms with Gasteiger partial charge in [0.05, 0.1) is 17.3 Å². The molecule has 0 aliphatic carbocycles. The van der Waals surface area contributed by atoms with Crippen LogP contribution in [-0.2, 0) is 11.3 Å². The van der Waals surface area contributed by atoms with Gasteiger partial charge in [0, 0.05) is 0 Å². The van der Waals surface area contributed by atoms with E-state index < -0.39 is 5.41 Å². The van der Waals surface area contributed by atoms with Gasteiger partial charge in [-0.25, -0.2) is 10.5 Å². The van der Waals surface area contributed by atoms with Crippen molar-refractivity contribution in [2.45, 2.75) is 20.4 Å². The largest absolute Gasteiger partial charge is 0.294 e. The van der Waals surface area contributed by atoms with Gasteiger partial charge >= 0.3 is 0 Å². The van der Waals surface area contributed by atoms with Crippen molar-refractivity contribution in [3.63, 3.8) is 0 Å².